The number of nitrogens with zero attached hydrogens (tertiary/aromatic N) is 6. The van der Waals surface area contributed by atoms with Crippen LogP contribution in [0, 0.1) is 29.1 Å². The van der Waals surface area contributed by atoms with Crippen molar-refractivity contribution in [2.24, 2.45) is 16.0 Å². The number of aromatic nitrogens is 2. The van der Waals surface area contributed by atoms with Crippen LogP contribution in [0.1, 0.15) is 34.3 Å². The monoisotopic (exact) mass is 787 g/mol. The molecule has 2 aromatic heterocycles. The van der Waals surface area contributed by atoms with Crippen LogP contribution < -0.4 is 20.3 Å². The molecular formula is C38H26F5N7O3S2. The van der Waals surface area contributed by atoms with Gasteiger partial charge in [0.25, 0.3) is 5.91 Å². The van der Waals surface area contributed by atoms with Crippen molar-refractivity contribution in [3.8, 4) is 17.0 Å². The van der Waals surface area contributed by atoms with Crippen molar-refractivity contribution in [1.82, 2.24) is 9.97 Å². The fourth-order valence-electron chi connectivity index (χ4n) is 6.39. The Bertz CT molecular complexity index is 2540. The molecule has 55 heavy (non-hydrogen) atoms. The van der Waals surface area contributed by atoms with Crippen LogP contribution in [0.5, 0.6) is 5.75 Å². The lowest BCUT2D eigenvalue weighted by Crippen LogP contribution is -2.28. The largest absolute Gasteiger partial charge is 0.415 e. The molecule has 0 radical (unpaired) electrons. The number of carbonyl (C=O) groups excluding carboxylic acids is 2. The fourth-order valence-corrected chi connectivity index (χ4v) is 8.18. The van der Waals surface area contributed by atoms with Gasteiger partial charge in [0.15, 0.2) is 10.1 Å². The second-order valence-corrected chi connectivity index (χ2v) is 14.5. The van der Waals surface area contributed by atoms with E-state index in [-0.39, 0.29) is 12.5 Å². The van der Waals surface area contributed by atoms with E-state index < -0.39 is 46.5 Å². The zero-order chi connectivity index (χ0) is 38.4. The van der Waals surface area contributed by atoms with Gasteiger partial charge < -0.3 is 20.3 Å². The van der Waals surface area contributed by atoms with Gasteiger partial charge in [-0.3, -0.25) is 4.79 Å². The van der Waals surface area contributed by atoms with Gasteiger partial charge in [-0.1, -0.05) is 65.1 Å². The maximum Gasteiger partial charge on any atom is 0.359 e. The molecule has 4 aromatic carbocycles. The summed E-state index contributed by atoms with van der Waals surface area (Å²) < 4.78 is 74.0. The van der Waals surface area contributed by atoms with E-state index in [1.807, 2.05) is 30.3 Å². The Morgan fingerprint density at radius 3 is 2.29 bits per heavy atom. The number of nitrogens with two attached hydrogens (primary N) is 1. The molecule has 6 aromatic rings. The maximum atomic E-state index is 14.1. The standard InChI is InChI=1S/C38H26F5N7O3S2/c39-27-28(40)30(42)33(31(43)29(27)41)53-36(52)23(44)17-20-9-6-10-25-22(20)13-16-50(25)35(51)21-11-12-24-26(18-21)54-37(45-24)48-47-34-32(19-7-2-1-3-8-19)46-38(55-34)49-14-4-5-15-49/h1-3,6-12,17-18H,4-5,13-16,44H2/b23-17-,48-47?. The molecule has 17 heteroatoms. The fraction of sp³-hybridized carbons (Fsp3) is 0.158. The number of amides is 1. The number of benzene rings is 4. The minimum absolute atomic E-state index is 0.284. The van der Waals surface area contributed by atoms with Crippen molar-refractivity contribution in [2.75, 3.05) is 29.4 Å². The van der Waals surface area contributed by atoms with E-state index in [0.717, 1.165) is 53.1 Å². The Morgan fingerprint density at radius 1 is 0.818 bits per heavy atom. The van der Waals surface area contributed by atoms with Crippen molar-refractivity contribution in [3.05, 3.63) is 118 Å². The first-order valence-corrected chi connectivity index (χ1v) is 18.5. The minimum Gasteiger partial charge on any atom is -0.415 e. The Hall–Kier alpha value is -6.07. The summed E-state index contributed by atoms with van der Waals surface area (Å²) in [4.78, 5) is 39.7. The number of carbonyl (C=O) groups is 2. The zero-order valence-corrected chi connectivity index (χ0v) is 30.0. The number of rotatable bonds is 8. The van der Waals surface area contributed by atoms with Gasteiger partial charge in [0, 0.05) is 36.4 Å². The van der Waals surface area contributed by atoms with Crippen LogP contribution >= 0.6 is 22.7 Å². The van der Waals surface area contributed by atoms with Gasteiger partial charge in [0.1, 0.15) is 11.4 Å². The van der Waals surface area contributed by atoms with Gasteiger partial charge in [-0.15, -0.1) is 10.2 Å². The SMILES string of the molecule is N/C(=C\c1cccc2c1CCN2C(=O)c1ccc2nc(N=Nc3sc(N4CCCC4)nc3-c3ccccc3)sc2c1)C(=O)Oc1c(F)c(F)c(F)c(F)c1F. The molecular weight excluding hydrogens is 762 g/mol. The summed E-state index contributed by atoms with van der Waals surface area (Å²) in [5.41, 5.74) is 9.43. The highest BCUT2D eigenvalue weighted by molar-refractivity contribution is 7.22. The van der Waals surface area contributed by atoms with E-state index in [1.54, 1.807) is 41.3 Å². The van der Waals surface area contributed by atoms with Crippen LogP contribution in [0.4, 0.5) is 42.9 Å². The summed E-state index contributed by atoms with van der Waals surface area (Å²) in [7, 11) is 0. The topological polar surface area (TPSA) is 126 Å². The molecule has 278 valence electrons. The molecule has 8 rings (SSSR count). The van der Waals surface area contributed by atoms with E-state index in [4.69, 9.17) is 10.7 Å². The van der Waals surface area contributed by atoms with Crippen LogP contribution in [0.3, 0.4) is 0 Å². The second-order valence-electron chi connectivity index (χ2n) is 12.5. The Balaban J connectivity index is 1.01. The second kappa shape index (κ2) is 14.6. The van der Waals surface area contributed by atoms with Gasteiger partial charge in [-0.2, -0.15) is 8.78 Å². The van der Waals surface area contributed by atoms with Gasteiger partial charge in [0.05, 0.1) is 10.2 Å². The number of esters is 1. The van der Waals surface area contributed by atoms with E-state index >= 15 is 0 Å². The van der Waals surface area contributed by atoms with Gasteiger partial charge in [0.2, 0.25) is 40.0 Å². The quantitative estimate of drug-likeness (QED) is 0.0310. The van der Waals surface area contributed by atoms with Crippen LogP contribution in [0.15, 0.2) is 82.7 Å². The van der Waals surface area contributed by atoms with Crippen LogP contribution in [-0.4, -0.2) is 41.5 Å². The van der Waals surface area contributed by atoms with Crippen molar-refractivity contribution >= 4 is 71.8 Å². The average molecular weight is 788 g/mol. The zero-order valence-electron chi connectivity index (χ0n) is 28.4. The molecule has 1 fully saturated rings. The number of fused-ring (bicyclic) bond motifs is 2. The predicted molar refractivity (Wildman–Crippen MR) is 199 cm³/mol. The Kier molecular flexibility index (Phi) is 9.56. The van der Waals surface area contributed by atoms with Gasteiger partial charge >= 0.3 is 5.97 Å². The van der Waals surface area contributed by atoms with E-state index in [0.29, 0.717) is 44.4 Å². The lowest BCUT2D eigenvalue weighted by Gasteiger charge is -2.18. The molecule has 0 atom stereocenters. The molecule has 2 aliphatic heterocycles. The number of ether oxygens (including phenoxy) is 1. The lowest BCUT2D eigenvalue weighted by molar-refractivity contribution is -0.130. The molecule has 0 unspecified atom stereocenters. The summed E-state index contributed by atoms with van der Waals surface area (Å²) >= 11 is 2.77. The summed E-state index contributed by atoms with van der Waals surface area (Å²) in [5.74, 6) is -15.2. The van der Waals surface area contributed by atoms with E-state index in [1.165, 1.54) is 22.7 Å². The summed E-state index contributed by atoms with van der Waals surface area (Å²) in [6.07, 6.45) is 3.74. The van der Waals surface area contributed by atoms with E-state index in [9.17, 15) is 31.5 Å². The molecule has 1 saturated heterocycles. The third-order valence-corrected chi connectivity index (χ3v) is 11.0. The third kappa shape index (κ3) is 6.80. The number of azo groups is 1. The van der Waals surface area contributed by atoms with Crippen LogP contribution in [0.2, 0.25) is 0 Å². The predicted octanol–water partition coefficient (Wildman–Crippen LogP) is 9.24. The summed E-state index contributed by atoms with van der Waals surface area (Å²) in [5, 5.41) is 11.0. The van der Waals surface area contributed by atoms with Crippen molar-refractivity contribution in [3.63, 3.8) is 0 Å². The molecule has 0 aliphatic carbocycles. The highest BCUT2D eigenvalue weighted by atomic mass is 32.1. The third-order valence-electron chi connectivity index (χ3n) is 9.09. The molecule has 0 saturated carbocycles. The highest BCUT2D eigenvalue weighted by Crippen LogP contribution is 2.42. The first-order valence-electron chi connectivity index (χ1n) is 16.9. The smallest absolute Gasteiger partial charge is 0.359 e. The van der Waals surface area contributed by atoms with Crippen LogP contribution in [-0.2, 0) is 11.2 Å². The molecule has 0 bridgehead atoms. The highest BCUT2D eigenvalue weighted by Gasteiger charge is 2.30. The van der Waals surface area contributed by atoms with Crippen LogP contribution in [0.25, 0.3) is 27.6 Å². The number of anilines is 2. The number of hydrogen-bond acceptors (Lipinski definition) is 11. The summed E-state index contributed by atoms with van der Waals surface area (Å²) in [6, 6.07) is 19.9. The molecule has 10 nitrogen and oxygen atoms in total. The van der Waals surface area contributed by atoms with Crippen molar-refractivity contribution < 1.29 is 36.3 Å². The number of hydrogen-bond donors (Lipinski definition) is 1. The van der Waals surface area contributed by atoms with Crippen molar-refractivity contribution in [1.29, 1.82) is 0 Å². The molecule has 2 aliphatic rings. The molecule has 0 spiro atoms. The lowest BCUT2D eigenvalue weighted by atomic mass is 10.0. The first-order chi connectivity index (χ1) is 26.6. The van der Waals surface area contributed by atoms with Gasteiger partial charge in [-0.05, 0) is 60.7 Å². The van der Waals surface area contributed by atoms with E-state index in [2.05, 4.69) is 24.8 Å². The minimum atomic E-state index is -2.40. The first kappa shape index (κ1) is 35.9. The Morgan fingerprint density at radius 2 is 1.55 bits per heavy atom. The molecule has 4 heterocycles. The normalized spacial score (nSPS) is 14.4. The summed E-state index contributed by atoms with van der Waals surface area (Å²) in [6.45, 7) is 2.18. The van der Waals surface area contributed by atoms with Gasteiger partial charge in [-0.25, -0.2) is 27.9 Å². The molecule has 1 amide bonds. The average Bonchev–Trinajstić information content (AvgIpc) is 4.03. The molecule has 2 N–H and O–H groups in total. The number of thiazole rings is 2. The maximum absolute atomic E-state index is 14.1. The Labute approximate surface area is 317 Å². The number of halogens is 5. The van der Waals surface area contributed by atoms with Crippen molar-refractivity contribution in [2.45, 2.75) is 19.3 Å².